The van der Waals surface area contributed by atoms with E-state index in [4.69, 9.17) is 9.47 Å². The molecule has 0 atom stereocenters. The number of ether oxygens (including phenoxy) is 2. The van der Waals surface area contributed by atoms with Gasteiger partial charge in [0.15, 0.2) is 0 Å². The van der Waals surface area contributed by atoms with Crippen LogP contribution in [0.1, 0.15) is 45.4 Å². The summed E-state index contributed by atoms with van der Waals surface area (Å²) in [6.45, 7) is 6.13. The number of piperidine rings is 1. The highest BCUT2D eigenvalue weighted by Gasteiger charge is 2.27. The first-order valence-electron chi connectivity index (χ1n) is 13.1. The molecule has 0 unspecified atom stereocenters. The van der Waals surface area contributed by atoms with E-state index >= 15 is 0 Å². The van der Waals surface area contributed by atoms with Crippen LogP contribution in [0, 0.1) is 0 Å². The van der Waals surface area contributed by atoms with Crippen molar-refractivity contribution in [3.63, 3.8) is 0 Å². The Morgan fingerprint density at radius 2 is 1.58 bits per heavy atom. The third-order valence-electron chi connectivity index (χ3n) is 7.48. The van der Waals surface area contributed by atoms with Gasteiger partial charge in [0.05, 0.1) is 24.8 Å². The molecule has 1 aromatic carbocycles. The summed E-state index contributed by atoms with van der Waals surface area (Å²) in [5, 5.41) is 6.23. The Labute approximate surface area is 211 Å². The second kappa shape index (κ2) is 11.3. The molecule has 3 fully saturated rings. The summed E-state index contributed by atoms with van der Waals surface area (Å²) in [4.78, 5) is 37.2. The first-order chi connectivity index (χ1) is 17.5. The Balaban J connectivity index is 1.13. The van der Waals surface area contributed by atoms with Crippen molar-refractivity contribution in [3.05, 3.63) is 24.5 Å². The van der Waals surface area contributed by atoms with Gasteiger partial charge in [0, 0.05) is 69.3 Å². The zero-order valence-corrected chi connectivity index (χ0v) is 20.9. The van der Waals surface area contributed by atoms with Gasteiger partial charge in [-0.3, -0.25) is 9.78 Å². The van der Waals surface area contributed by atoms with E-state index in [0.29, 0.717) is 13.1 Å². The zero-order chi connectivity index (χ0) is 24.9. The van der Waals surface area contributed by atoms with E-state index in [1.165, 1.54) is 0 Å². The summed E-state index contributed by atoms with van der Waals surface area (Å²) in [5.41, 5.74) is 2.70. The average molecular weight is 497 g/mol. The number of benzene rings is 1. The van der Waals surface area contributed by atoms with Gasteiger partial charge in [-0.15, -0.1) is 0 Å². The van der Waals surface area contributed by atoms with Crippen LogP contribution in [-0.4, -0.2) is 84.4 Å². The molecule has 0 radical (unpaired) electrons. The second-order valence-corrected chi connectivity index (χ2v) is 9.96. The lowest BCUT2D eigenvalue weighted by Gasteiger charge is -2.33. The lowest BCUT2D eigenvalue weighted by Crippen LogP contribution is -2.51. The smallest absolute Gasteiger partial charge is 0.315 e. The van der Waals surface area contributed by atoms with Gasteiger partial charge in [0.25, 0.3) is 0 Å². The van der Waals surface area contributed by atoms with Crippen molar-refractivity contribution in [2.75, 3.05) is 44.3 Å². The number of nitrogens with one attached hydrogen (secondary N) is 2. The van der Waals surface area contributed by atoms with Crippen molar-refractivity contribution in [1.82, 2.24) is 25.5 Å². The number of aromatic nitrogens is 2. The van der Waals surface area contributed by atoms with Crippen molar-refractivity contribution >= 4 is 28.7 Å². The standard InChI is InChI=1S/C26H36N6O4/c1-18(33)31-10-6-20(7-11-31)30-26(34)29-19-2-4-22(5-3-19)36-24-17-21(32-12-14-35-15-13-32)16-23-25(24)28-9-8-27-23/h8-9,16-17,19-20,22H,2-7,10-15H2,1H3,(H2,29,30,34). The van der Waals surface area contributed by atoms with Gasteiger partial charge < -0.3 is 29.9 Å². The highest BCUT2D eigenvalue weighted by Crippen LogP contribution is 2.33. The maximum absolute atomic E-state index is 12.5. The van der Waals surface area contributed by atoms with E-state index in [1.807, 2.05) is 4.90 Å². The number of carbonyl (C=O) groups excluding carboxylic acids is 2. The van der Waals surface area contributed by atoms with Gasteiger partial charge in [0.2, 0.25) is 5.91 Å². The average Bonchev–Trinajstić information content (AvgIpc) is 2.90. The molecule has 2 saturated heterocycles. The van der Waals surface area contributed by atoms with Crippen LogP contribution in [0.2, 0.25) is 0 Å². The summed E-state index contributed by atoms with van der Waals surface area (Å²) >= 11 is 0. The number of hydrogen-bond donors (Lipinski definition) is 2. The van der Waals surface area contributed by atoms with Crippen LogP contribution in [0.4, 0.5) is 10.5 Å². The fourth-order valence-corrected chi connectivity index (χ4v) is 5.38. The van der Waals surface area contributed by atoms with Crippen molar-refractivity contribution in [2.24, 2.45) is 0 Å². The fourth-order valence-electron chi connectivity index (χ4n) is 5.38. The van der Waals surface area contributed by atoms with Crippen molar-refractivity contribution in [3.8, 4) is 5.75 Å². The van der Waals surface area contributed by atoms with Crippen molar-refractivity contribution in [2.45, 2.75) is 63.6 Å². The Morgan fingerprint density at radius 1 is 0.917 bits per heavy atom. The summed E-state index contributed by atoms with van der Waals surface area (Å²) in [7, 11) is 0. The number of rotatable bonds is 5. The first-order valence-corrected chi connectivity index (χ1v) is 13.1. The first kappa shape index (κ1) is 24.5. The quantitative estimate of drug-likeness (QED) is 0.655. The number of anilines is 1. The molecule has 0 bridgehead atoms. The molecule has 2 aliphatic heterocycles. The number of nitrogens with zero attached hydrogens (tertiary/aromatic N) is 4. The Morgan fingerprint density at radius 3 is 2.28 bits per heavy atom. The lowest BCUT2D eigenvalue weighted by molar-refractivity contribution is -0.129. The predicted octanol–water partition coefficient (Wildman–Crippen LogP) is 2.47. The van der Waals surface area contributed by atoms with Crippen LogP contribution < -0.4 is 20.3 Å². The van der Waals surface area contributed by atoms with Gasteiger partial charge >= 0.3 is 6.03 Å². The summed E-state index contributed by atoms with van der Waals surface area (Å²) in [6, 6.07) is 4.30. The van der Waals surface area contributed by atoms with Gasteiger partial charge in [-0.25, -0.2) is 9.78 Å². The molecule has 5 rings (SSSR count). The molecule has 0 spiro atoms. The number of amides is 3. The van der Waals surface area contributed by atoms with Crippen LogP contribution >= 0.6 is 0 Å². The largest absolute Gasteiger partial charge is 0.488 e. The molecule has 3 heterocycles. The van der Waals surface area contributed by atoms with E-state index in [-0.39, 0.29) is 30.1 Å². The van der Waals surface area contributed by atoms with Gasteiger partial charge in [-0.1, -0.05) is 0 Å². The van der Waals surface area contributed by atoms with E-state index in [1.54, 1.807) is 19.3 Å². The monoisotopic (exact) mass is 496 g/mol. The van der Waals surface area contributed by atoms with Crippen LogP contribution in [0.15, 0.2) is 24.5 Å². The van der Waals surface area contributed by atoms with Crippen LogP contribution in [0.25, 0.3) is 11.0 Å². The van der Waals surface area contributed by atoms with E-state index in [9.17, 15) is 9.59 Å². The van der Waals surface area contributed by atoms with Gasteiger partial charge in [0.1, 0.15) is 11.3 Å². The van der Waals surface area contributed by atoms with Crippen LogP contribution in [0.3, 0.4) is 0 Å². The number of fused-ring (bicyclic) bond motifs is 1. The molecule has 10 heteroatoms. The predicted molar refractivity (Wildman–Crippen MR) is 136 cm³/mol. The minimum absolute atomic E-state index is 0.0761. The number of likely N-dealkylation sites (tertiary alicyclic amines) is 1. The third-order valence-corrected chi connectivity index (χ3v) is 7.48. The summed E-state index contributed by atoms with van der Waals surface area (Å²) in [6.07, 6.45) is 8.56. The maximum atomic E-state index is 12.5. The molecule has 3 aliphatic rings. The van der Waals surface area contributed by atoms with Gasteiger partial charge in [-0.05, 0) is 44.6 Å². The lowest BCUT2D eigenvalue weighted by atomic mass is 9.93. The van der Waals surface area contributed by atoms with E-state index < -0.39 is 0 Å². The number of hydrogen-bond acceptors (Lipinski definition) is 7. The Kier molecular flexibility index (Phi) is 7.69. The fraction of sp³-hybridized carbons (Fsp3) is 0.615. The molecule has 2 aromatic rings. The van der Waals surface area contributed by atoms with Gasteiger partial charge in [-0.2, -0.15) is 0 Å². The molecule has 36 heavy (non-hydrogen) atoms. The summed E-state index contributed by atoms with van der Waals surface area (Å²) in [5.74, 6) is 0.873. The van der Waals surface area contributed by atoms with Crippen molar-refractivity contribution < 1.29 is 19.1 Å². The molecule has 1 aromatic heterocycles. The Bertz CT molecular complexity index is 1060. The second-order valence-electron chi connectivity index (χ2n) is 9.96. The van der Waals surface area contributed by atoms with Crippen LogP contribution in [-0.2, 0) is 9.53 Å². The molecular formula is C26H36N6O4. The third kappa shape index (κ3) is 5.98. The molecule has 3 amide bonds. The zero-order valence-electron chi connectivity index (χ0n) is 20.9. The molecular weight excluding hydrogens is 460 g/mol. The van der Waals surface area contributed by atoms with Crippen molar-refractivity contribution in [1.29, 1.82) is 0 Å². The molecule has 1 saturated carbocycles. The number of morpholine rings is 1. The topological polar surface area (TPSA) is 109 Å². The Hall–Kier alpha value is -3.14. The normalized spacial score (nSPS) is 23.4. The maximum Gasteiger partial charge on any atom is 0.315 e. The minimum atomic E-state index is -0.111. The number of carbonyl (C=O) groups is 2. The highest BCUT2D eigenvalue weighted by atomic mass is 16.5. The van der Waals surface area contributed by atoms with Crippen LogP contribution in [0.5, 0.6) is 5.75 Å². The number of urea groups is 1. The molecule has 10 nitrogen and oxygen atoms in total. The molecule has 1 aliphatic carbocycles. The summed E-state index contributed by atoms with van der Waals surface area (Å²) < 4.78 is 12.0. The van der Waals surface area contributed by atoms with E-state index in [0.717, 1.165) is 87.3 Å². The highest BCUT2D eigenvalue weighted by molar-refractivity contribution is 5.85. The van der Waals surface area contributed by atoms with E-state index in [2.05, 4.69) is 37.6 Å². The molecule has 194 valence electrons. The minimum Gasteiger partial charge on any atom is -0.488 e. The molecule has 2 N–H and O–H groups in total. The SMILES string of the molecule is CC(=O)N1CCC(NC(=O)NC2CCC(Oc3cc(N4CCOCC4)cc4nccnc34)CC2)CC1.